The Kier molecular flexibility index (Phi) is 23.2. The van der Waals surface area contributed by atoms with E-state index in [4.69, 9.17) is 33.1 Å². The van der Waals surface area contributed by atoms with Crippen LogP contribution in [0.25, 0.3) is 0 Å². The number of nitriles is 2. The fourth-order valence-corrected chi connectivity index (χ4v) is 7.89. The van der Waals surface area contributed by atoms with E-state index in [9.17, 15) is 4.57 Å². The summed E-state index contributed by atoms with van der Waals surface area (Å²) in [6.45, 7) is 24.2. The maximum absolute atomic E-state index is 13.3. The Morgan fingerprint density at radius 2 is 1.50 bits per heavy atom. The molecule has 0 spiro atoms. The van der Waals surface area contributed by atoms with Crippen LogP contribution in [0.2, 0.25) is 0 Å². The van der Waals surface area contributed by atoms with Crippen LogP contribution in [-0.2, 0) is 50.7 Å². The minimum atomic E-state index is -3.86. The molecule has 0 N–H and O–H groups in total. The second kappa shape index (κ2) is 23.9. The predicted octanol–water partition coefficient (Wildman–Crippen LogP) is 10.1. The van der Waals surface area contributed by atoms with Gasteiger partial charge in [-0.05, 0) is 47.0 Å². The van der Waals surface area contributed by atoms with Crippen LogP contribution >= 0.6 is 16.3 Å². The molecular formula is C36H59FeN3O6P2. The largest absolute Gasteiger partial charge is 2.00 e. The van der Waals surface area contributed by atoms with Gasteiger partial charge in [-0.3, -0.25) is 13.6 Å². The van der Waals surface area contributed by atoms with Gasteiger partial charge in [-0.2, -0.15) is 56.0 Å². The van der Waals surface area contributed by atoms with Crippen LogP contribution in [0.15, 0.2) is 24.3 Å². The molecular weight excluding hydrogens is 688 g/mol. The van der Waals surface area contributed by atoms with E-state index < -0.39 is 21.8 Å². The Bertz CT molecular complexity index is 1210. The molecule has 0 aromatic heterocycles. The van der Waals surface area contributed by atoms with Gasteiger partial charge in [-0.1, -0.05) is 48.5 Å². The summed E-state index contributed by atoms with van der Waals surface area (Å²) in [4.78, 5) is 0. The van der Waals surface area contributed by atoms with E-state index in [2.05, 4.69) is 73.1 Å². The SMILES string of the molecule is CCC(C)(COP(OCCC#N)N(C(C)C)C(C)C)COP(=O)(OCCC#N)OCCCc1ccc[cH-]1.Cc1c(C)c(C)[c-](C)c1C.[Fe+2]. The first-order chi connectivity index (χ1) is 22.1. The third-order valence-corrected chi connectivity index (χ3v) is 12.0. The maximum Gasteiger partial charge on any atom is 2.00 e. The second-order valence-corrected chi connectivity index (χ2v) is 15.9. The summed E-state index contributed by atoms with van der Waals surface area (Å²) < 4.78 is 44.6. The first kappa shape index (κ1) is 46.6. The summed E-state index contributed by atoms with van der Waals surface area (Å²) in [7, 11) is -5.27. The van der Waals surface area contributed by atoms with E-state index in [1.165, 1.54) is 33.4 Å². The zero-order chi connectivity index (χ0) is 35.6. The van der Waals surface area contributed by atoms with Gasteiger partial charge in [0.05, 0.1) is 58.0 Å². The average molecular weight is 748 g/mol. The second-order valence-electron chi connectivity index (χ2n) is 12.8. The summed E-state index contributed by atoms with van der Waals surface area (Å²) in [5, 5.41) is 17.8. The van der Waals surface area contributed by atoms with Crippen molar-refractivity contribution in [1.82, 2.24) is 4.67 Å². The van der Waals surface area contributed by atoms with Crippen molar-refractivity contribution in [3.63, 3.8) is 0 Å². The van der Waals surface area contributed by atoms with Gasteiger partial charge in [0, 0.05) is 17.5 Å². The summed E-state index contributed by atoms with van der Waals surface area (Å²) >= 11 is 0. The first-order valence-corrected chi connectivity index (χ1v) is 19.3. The number of phosphoric acid groups is 1. The van der Waals surface area contributed by atoms with E-state index >= 15 is 0 Å². The number of hydrogen-bond donors (Lipinski definition) is 0. The van der Waals surface area contributed by atoms with Crippen molar-refractivity contribution in [3.8, 4) is 12.1 Å². The van der Waals surface area contributed by atoms with Gasteiger partial charge in [-0.15, -0.1) is 0 Å². The third-order valence-electron chi connectivity index (χ3n) is 8.48. The molecule has 0 aliphatic carbocycles. The Labute approximate surface area is 303 Å². The first-order valence-electron chi connectivity index (χ1n) is 16.7. The summed E-state index contributed by atoms with van der Waals surface area (Å²) in [6, 6.07) is 12.5. The summed E-state index contributed by atoms with van der Waals surface area (Å²) in [6.07, 6.45) is 2.52. The van der Waals surface area contributed by atoms with E-state index in [1.54, 1.807) is 0 Å². The van der Waals surface area contributed by atoms with Crippen LogP contribution in [0.1, 0.15) is 101 Å². The van der Waals surface area contributed by atoms with Crippen LogP contribution in [-0.4, -0.2) is 49.8 Å². The molecule has 0 bridgehead atoms. The molecule has 0 fully saturated rings. The molecule has 3 atom stereocenters. The van der Waals surface area contributed by atoms with E-state index in [-0.39, 0.29) is 68.4 Å². The molecule has 48 heavy (non-hydrogen) atoms. The van der Waals surface area contributed by atoms with Crippen LogP contribution in [0.4, 0.5) is 0 Å². The van der Waals surface area contributed by atoms with E-state index in [0.717, 1.165) is 6.42 Å². The number of nitrogens with zero attached hydrogens (tertiary/aromatic N) is 3. The van der Waals surface area contributed by atoms with Gasteiger partial charge in [0.1, 0.15) is 0 Å². The number of rotatable bonds is 21. The molecule has 0 saturated heterocycles. The fourth-order valence-electron chi connectivity index (χ4n) is 4.76. The quantitative estimate of drug-likeness (QED) is 0.0533. The molecule has 0 radical (unpaired) electrons. The van der Waals surface area contributed by atoms with Crippen LogP contribution in [0.5, 0.6) is 0 Å². The molecule has 0 aliphatic rings. The number of hydrogen-bond acceptors (Lipinski definition) is 9. The number of aryl methyl sites for hydroxylation is 1. The smallest absolute Gasteiger partial charge is 0.321 e. The molecule has 272 valence electrons. The Hall–Kier alpha value is -1.38. The molecule has 2 aromatic carbocycles. The van der Waals surface area contributed by atoms with Crippen molar-refractivity contribution >= 4 is 16.3 Å². The Morgan fingerprint density at radius 1 is 0.938 bits per heavy atom. The van der Waals surface area contributed by atoms with E-state index in [1.807, 2.05) is 44.2 Å². The van der Waals surface area contributed by atoms with Gasteiger partial charge in [-0.25, -0.2) is 21.4 Å². The molecule has 0 heterocycles. The van der Waals surface area contributed by atoms with Crippen molar-refractivity contribution in [2.24, 2.45) is 5.41 Å². The van der Waals surface area contributed by atoms with Gasteiger partial charge >= 0.3 is 24.9 Å². The van der Waals surface area contributed by atoms with Gasteiger partial charge in [0.15, 0.2) is 0 Å². The molecule has 9 nitrogen and oxygen atoms in total. The van der Waals surface area contributed by atoms with Gasteiger partial charge in [0.25, 0.3) is 8.53 Å². The molecule has 0 aliphatic heterocycles. The fraction of sp³-hybridized carbons (Fsp3) is 0.667. The summed E-state index contributed by atoms with van der Waals surface area (Å²) in [5.74, 6) is 0. The van der Waals surface area contributed by atoms with Gasteiger partial charge in [0.2, 0.25) is 0 Å². The van der Waals surface area contributed by atoms with Crippen molar-refractivity contribution in [2.45, 2.75) is 120 Å². The van der Waals surface area contributed by atoms with Crippen molar-refractivity contribution in [1.29, 1.82) is 10.5 Å². The molecule has 2 rings (SSSR count). The monoisotopic (exact) mass is 747 g/mol. The molecule has 0 amide bonds. The zero-order valence-electron chi connectivity index (χ0n) is 31.1. The van der Waals surface area contributed by atoms with Crippen LogP contribution in [0, 0.1) is 62.7 Å². The van der Waals surface area contributed by atoms with Crippen molar-refractivity contribution in [2.75, 3.05) is 33.0 Å². The Morgan fingerprint density at radius 3 is 1.96 bits per heavy atom. The minimum Gasteiger partial charge on any atom is -0.321 e. The van der Waals surface area contributed by atoms with Crippen LogP contribution in [0.3, 0.4) is 0 Å². The molecule has 2 aromatic rings. The minimum absolute atomic E-state index is 0. The summed E-state index contributed by atoms with van der Waals surface area (Å²) in [5.41, 5.74) is 8.03. The Balaban J connectivity index is 0.00000170. The number of phosphoric ester groups is 1. The maximum atomic E-state index is 13.3. The molecule has 3 unspecified atom stereocenters. The topological polar surface area (TPSA) is 114 Å². The van der Waals surface area contributed by atoms with Crippen LogP contribution < -0.4 is 0 Å². The average Bonchev–Trinajstić information content (AvgIpc) is 3.61. The van der Waals surface area contributed by atoms with Crippen molar-refractivity contribution < 1.29 is 44.3 Å². The normalized spacial score (nSPS) is 14.4. The third kappa shape index (κ3) is 16.1. The van der Waals surface area contributed by atoms with E-state index in [0.29, 0.717) is 19.4 Å². The molecule has 12 heteroatoms. The molecule has 0 saturated carbocycles. The van der Waals surface area contributed by atoms with Crippen molar-refractivity contribution in [3.05, 3.63) is 57.6 Å². The standard InChI is InChI=1S/C26H44N3O6P2.C10H15.Fe/c1-7-26(6,21-32-36(31-18-11-16-27)29(23(2)3)24(4)5)22-35-37(30,34-20-12-17-28)33-19-10-15-25-13-8-9-14-25;1-6-7(2)9(4)10(5)8(6)3;/h8-9,13-14,23-24H,7,10-12,15,18-22H2,1-6H3;1-5H3;/q2*-1;+2. The zero-order valence-corrected chi connectivity index (χ0v) is 34.0. The van der Waals surface area contributed by atoms with Gasteiger partial charge < -0.3 is 9.05 Å². The predicted molar refractivity (Wildman–Crippen MR) is 191 cm³/mol.